The van der Waals surface area contributed by atoms with Crippen LogP contribution in [0.25, 0.3) is 0 Å². The van der Waals surface area contributed by atoms with E-state index in [2.05, 4.69) is 0 Å². The van der Waals surface area contributed by atoms with Crippen LogP contribution in [0.3, 0.4) is 0 Å². The average Bonchev–Trinajstić information content (AvgIpc) is 2.11. The second-order valence-corrected chi connectivity index (χ2v) is 5.64. The smallest absolute Gasteiger partial charge is 0.214 e. The molecular weight excluding hydrogens is 265 g/mol. The highest BCUT2D eigenvalue weighted by molar-refractivity contribution is 7.92. The molecule has 0 aliphatic carbocycles. The summed E-state index contributed by atoms with van der Waals surface area (Å²) in [4.78, 5) is -0.826. The Kier molecular flexibility index (Phi) is 3.27. The SMILES string of the molecule is Cc1cc(S(=O)(=O)C(F)(F)F)cc(Cl)c1C. The molecule has 0 bridgehead atoms. The molecule has 0 fully saturated rings. The molecule has 0 unspecified atom stereocenters. The predicted octanol–water partition coefficient (Wildman–Crippen LogP) is 3.25. The van der Waals surface area contributed by atoms with Crippen molar-refractivity contribution in [2.75, 3.05) is 0 Å². The van der Waals surface area contributed by atoms with Crippen molar-refractivity contribution in [3.8, 4) is 0 Å². The lowest BCUT2D eigenvalue weighted by Crippen LogP contribution is -2.23. The predicted molar refractivity (Wildman–Crippen MR) is 54.2 cm³/mol. The first-order valence-corrected chi connectivity index (χ1v) is 6.01. The monoisotopic (exact) mass is 272 g/mol. The Morgan fingerprint density at radius 3 is 2.06 bits per heavy atom. The fourth-order valence-corrected chi connectivity index (χ4v) is 2.28. The minimum absolute atomic E-state index is 0.00262. The Hall–Kier alpha value is -0.750. The van der Waals surface area contributed by atoms with Crippen molar-refractivity contribution in [3.05, 3.63) is 28.3 Å². The van der Waals surface area contributed by atoms with E-state index in [0.29, 0.717) is 11.1 Å². The van der Waals surface area contributed by atoms with Crippen LogP contribution in [0.1, 0.15) is 11.1 Å². The molecule has 0 radical (unpaired) electrons. The van der Waals surface area contributed by atoms with Gasteiger partial charge in [-0.15, -0.1) is 0 Å². The molecule has 1 aromatic carbocycles. The molecule has 0 heterocycles. The van der Waals surface area contributed by atoms with Gasteiger partial charge in [-0.2, -0.15) is 13.2 Å². The van der Waals surface area contributed by atoms with Gasteiger partial charge in [0.1, 0.15) is 0 Å². The van der Waals surface area contributed by atoms with Crippen LogP contribution in [-0.2, 0) is 9.84 Å². The van der Waals surface area contributed by atoms with E-state index in [0.717, 1.165) is 12.1 Å². The average molecular weight is 273 g/mol. The number of halogens is 4. The summed E-state index contributed by atoms with van der Waals surface area (Å²) in [6, 6.07) is 1.77. The lowest BCUT2D eigenvalue weighted by molar-refractivity contribution is -0.0436. The maximum Gasteiger partial charge on any atom is 0.501 e. The van der Waals surface area contributed by atoms with Crippen LogP contribution >= 0.6 is 11.6 Å². The number of benzene rings is 1. The van der Waals surface area contributed by atoms with Crippen LogP contribution in [0, 0.1) is 13.8 Å². The normalized spacial score (nSPS) is 12.9. The highest BCUT2D eigenvalue weighted by atomic mass is 35.5. The molecular formula is C9H8ClF3O2S. The first kappa shape index (κ1) is 13.3. The molecule has 16 heavy (non-hydrogen) atoms. The molecule has 0 amide bonds. The lowest BCUT2D eigenvalue weighted by Gasteiger charge is -2.10. The van der Waals surface area contributed by atoms with Crippen molar-refractivity contribution in [2.24, 2.45) is 0 Å². The van der Waals surface area contributed by atoms with Gasteiger partial charge in [-0.3, -0.25) is 0 Å². The fourth-order valence-electron chi connectivity index (χ4n) is 1.07. The zero-order valence-electron chi connectivity index (χ0n) is 8.39. The van der Waals surface area contributed by atoms with Crippen molar-refractivity contribution < 1.29 is 21.6 Å². The molecule has 7 heteroatoms. The molecule has 0 saturated carbocycles. The highest BCUT2D eigenvalue weighted by Gasteiger charge is 2.47. The molecule has 0 spiro atoms. The molecule has 1 rings (SSSR count). The van der Waals surface area contributed by atoms with Gasteiger partial charge in [-0.1, -0.05) is 11.6 Å². The number of sulfone groups is 1. The van der Waals surface area contributed by atoms with Crippen LogP contribution in [0.2, 0.25) is 5.02 Å². The molecule has 0 N–H and O–H groups in total. The van der Waals surface area contributed by atoms with Gasteiger partial charge in [-0.25, -0.2) is 8.42 Å². The summed E-state index contributed by atoms with van der Waals surface area (Å²) in [6.45, 7) is 3.10. The molecule has 2 nitrogen and oxygen atoms in total. The summed E-state index contributed by atoms with van der Waals surface area (Å²) in [7, 11) is -5.32. The zero-order valence-corrected chi connectivity index (χ0v) is 9.96. The lowest BCUT2D eigenvalue weighted by atomic mass is 10.1. The highest BCUT2D eigenvalue weighted by Crippen LogP contribution is 2.33. The van der Waals surface area contributed by atoms with Gasteiger partial charge in [-0.05, 0) is 37.1 Å². The Labute approximate surface area is 96.0 Å². The summed E-state index contributed by atoms with van der Waals surface area (Å²) in [5.41, 5.74) is -4.35. The third-order valence-corrected chi connectivity index (χ3v) is 4.05. The number of rotatable bonds is 1. The molecule has 0 saturated heterocycles. The van der Waals surface area contributed by atoms with Gasteiger partial charge in [0, 0.05) is 5.02 Å². The van der Waals surface area contributed by atoms with Crippen LogP contribution in [0.5, 0.6) is 0 Å². The Balaban J connectivity index is 3.49. The van der Waals surface area contributed by atoms with Crippen molar-refractivity contribution in [2.45, 2.75) is 24.3 Å². The summed E-state index contributed by atoms with van der Waals surface area (Å²) >= 11 is 5.64. The topological polar surface area (TPSA) is 34.1 Å². The van der Waals surface area contributed by atoms with Gasteiger partial charge in [0.2, 0.25) is 0 Å². The van der Waals surface area contributed by atoms with E-state index in [4.69, 9.17) is 11.6 Å². The Bertz CT molecular complexity index is 497. The first-order valence-electron chi connectivity index (χ1n) is 4.15. The molecule has 0 aromatic heterocycles. The molecule has 0 aliphatic rings. The quantitative estimate of drug-likeness (QED) is 0.786. The molecule has 1 aromatic rings. The van der Waals surface area contributed by atoms with E-state index in [1.807, 2.05) is 0 Å². The number of alkyl halides is 3. The summed E-state index contributed by atoms with van der Waals surface area (Å²) in [6.07, 6.45) is 0. The minimum atomic E-state index is -5.32. The third kappa shape index (κ3) is 2.17. The Morgan fingerprint density at radius 2 is 1.69 bits per heavy atom. The van der Waals surface area contributed by atoms with Crippen molar-refractivity contribution in [1.82, 2.24) is 0 Å². The van der Waals surface area contributed by atoms with Crippen LogP contribution < -0.4 is 0 Å². The van der Waals surface area contributed by atoms with E-state index in [1.54, 1.807) is 6.92 Å². The second kappa shape index (κ2) is 3.92. The van der Waals surface area contributed by atoms with Gasteiger partial charge >= 0.3 is 5.51 Å². The van der Waals surface area contributed by atoms with Crippen molar-refractivity contribution in [1.29, 1.82) is 0 Å². The first-order chi connectivity index (χ1) is 7.07. The zero-order chi connectivity index (χ0) is 12.7. The third-order valence-electron chi connectivity index (χ3n) is 2.19. The molecule has 0 atom stereocenters. The van der Waals surface area contributed by atoms with Gasteiger partial charge in [0.05, 0.1) is 4.90 Å². The minimum Gasteiger partial charge on any atom is -0.214 e. The maximum absolute atomic E-state index is 12.3. The van der Waals surface area contributed by atoms with Gasteiger partial charge in [0.15, 0.2) is 0 Å². The van der Waals surface area contributed by atoms with Crippen molar-refractivity contribution in [3.63, 3.8) is 0 Å². The van der Waals surface area contributed by atoms with Gasteiger partial charge in [0.25, 0.3) is 9.84 Å². The second-order valence-electron chi connectivity index (χ2n) is 3.30. The Morgan fingerprint density at radius 1 is 1.19 bits per heavy atom. The fraction of sp³-hybridized carbons (Fsp3) is 0.333. The molecule has 90 valence electrons. The summed E-state index contributed by atoms with van der Waals surface area (Å²) in [5.74, 6) is 0. The number of hydrogen-bond acceptors (Lipinski definition) is 2. The largest absolute Gasteiger partial charge is 0.501 e. The number of aryl methyl sites for hydroxylation is 1. The maximum atomic E-state index is 12.3. The van der Waals surface area contributed by atoms with E-state index >= 15 is 0 Å². The molecule has 0 aliphatic heterocycles. The summed E-state index contributed by atoms with van der Waals surface area (Å²) < 4.78 is 58.9. The van der Waals surface area contributed by atoms with Crippen LogP contribution in [-0.4, -0.2) is 13.9 Å². The van der Waals surface area contributed by atoms with E-state index in [-0.39, 0.29) is 5.02 Å². The van der Waals surface area contributed by atoms with Crippen LogP contribution in [0.15, 0.2) is 17.0 Å². The van der Waals surface area contributed by atoms with Crippen LogP contribution in [0.4, 0.5) is 13.2 Å². The van der Waals surface area contributed by atoms with E-state index in [9.17, 15) is 21.6 Å². The number of hydrogen-bond donors (Lipinski definition) is 0. The van der Waals surface area contributed by atoms with E-state index in [1.165, 1.54) is 6.92 Å². The summed E-state index contributed by atoms with van der Waals surface area (Å²) in [5, 5.41) is 0.00262. The van der Waals surface area contributed by atoms with Gasteiger partial charge < -0.3 is 0 Å². The van der Waals surface area contributed by atoms with Crippen molar-refractivity contribution >= 4 is 21.4 Å². The van der Waals surface area contributed by atoms with E-state index < -0.39 is 20.2 Å². The standard InChI is InChI=1S/C9H8ClF3O2S/c1-5-3-7(4-8(10)6(5)2)16(14,15)9(11,12)13/h3-4H,1-2H3.